The third kappa shape index (κ3) is 10.5. The maximum atomic E-state index is 13.5. The van der Waals surface area contributed by atoms with Gasteiger partial charge in [-0.25, -0.2) is 27.8 Å². The smallest absolute Gasteiger partial charge is 0.311 e. The van der Waals surface area contributed by atoms with Crippen LogP contribution in [0, 0.1) is 70.8 Å². The van der Waals surface area contributed by atoms with Crippen molar-refractivity contribution in [3.05, 3.63) is 117 Å². The molecule has 8 aromatic rings. The summed E-state index contributed by atoms with van der Waals surface area (Å²) in [6.07, 6.45) is 1.51. The zero-order chi connectivity index (χ0) is 58.1. The molecule has 0 saturated carbocycles. The van der Waals surface area contributed by atoms with Crippen molar-refractivity contribution in [1.29, 1.82) is 10.5 Å². The number of pyridine rings is 2. The first-order chi connectivity index (χ1) is 40.0. The number of hydrogen-bond donors (Lipinski definition) is 2. The lowest BCUT2D eigenvalue weighted by atomic mass is 9.72. The van der Waals surface area contributed by atoms with Crippen LogP contribution in [0.1, 0.15) is 53.8 Å². The van der Waals surface area contributed by atoms with Crippen molar-refractivity contribution >= 4 is 78.6 Å². The SMILES string of the molecule is C.CCc1nn2c(C)cc(N3CC4(CN(C(=O)C5COC5)C4)C3)cc2c1N(C)c1nc(-c2ccc(F)cc2)c(C#N)s1.CCc1nn2c(C)cc(N3CC4(CNC4)C3)cc2c1N(C)c1nc(-c2ccc(F)cc2)c(C#N)s1.O=C(O)C1COC1. The second-order valence-corrected chi connectivity index (χ2v) is 24.6. The molecular weight excluding hydrogens is 1110 g/mol. The Morgan fingerprint density at radius 1 is 0.679 bits per heavy atom. The molecule has 14 rings (SSSR count). The average molecular weight is 1180 g/mol. The van der Waals surface area contributed by atoms with E-state index in [1.165, 1.54) is 52.6 Å². The summed E-state index contributed by atoms with van der Waals surface area (Å²) in [6.45, 7) is 18.1. The Kier molecular flexibility index (Phi) is 15.7. The molecule has 6 fully saturated rings. The monoisotopic (exact) mass is 1180 g/mol. The number of likely N-dealkylation sites (tertiary alicyclic amines) is 1. The van der Waals surface area contributed by atoms with Crippen LogP contribution in [0.25, 0.3) is 33.5 Å². The van der Waals surface area contributed by atoms with Gasteiger partial charge < -0.3 is 44.4 Å². The minimum absolute atomic E-state index is 0. The van der Waals surface area contributed by atoms with Crippen LogP contribution in [0.3, 0.4) is 0 Å². The van der Waals surface area contributed by atoms with Crippen LogP contribution >= 0.6 is 22.7 Å². The van der Waals surface area contributed by atoms with Gasteiger partial charge in [0.25, 0.3) is 0 Å². The summed E-state index contributed by atoms with van der Waals surface area (Å²) in [7, 11) is 3.93. The van der Waals surface area contributed by atoms with E-state index in [2.05, 4.69) is 84.0 Å². The van der Waals surface area contributed by atoms with Gasteiger partial charge in [0.1, 0.15) is 50.8 Å². The number of carboxylic acids is 1. The molecule has 2 aromatic carbocycles. The van der Waals surface area contributed by atoms with E-state index in [4.69, 9.17) is 30.0 Å². The van der Waals surface area contributed by atoms with Crippen LogP contribution in [0.2, 0.25) is 0 Å². The van der Waals surface area contributed by atoms with Crippen molar-refractivity contribution in [2.24, 2.45) is 22.7 Å². The van der Waals surface area contributed by atoms with Gasteiger partial charge in [-0.2, -0.15) is 20.7 Å². The first-order valence-corrected chi connectivity index (χ1v) is 29.4. The number of nitriles is 2. The molecule has 0 radical (unpaired) electrons. The maximum absolute atomic E-state index is 13.5. The molecule has 0 unspecified atom stereocenters. The molecule has 6 aromatic heterocycles. The highest BCUT2D eigenvalue weighted by molar-refractivity contribution is 7.17. The number of benzene rings is 2. The number of nitrogens with one attached hydrogen (secondary N) is 1. The third-order valence-corrected chi connectivity index (χ3v) is 18.7. The number of nitrogens with zero attached hydrogens (tertiary/aromatic N) is 13. The number of aryl methyl sites for hydroxylation is 4. The molecule has 6 saturated heterocycles. The molecule has 0 bridgehead atoms. The lowest BCUT2D eigenvalue weighted by Crippen LogP contribution is -2.74. The van der Waals surface area contributed by atoms with Crippen molar-refractivity contribution in [2.45, 2.75) is 48.0 Å². The van der Waals surface area contributed by atoms with Gasteiger partial charge in [-0.1, -0.05) is 43.9 Å². The summed E-state index contributed by atoms with van der Waals surface area (Å²) in [5, 5.41) is 42.4. The molecule has 19 nitrogen and oxygen atoms in total. The fraction of sp³-hybridized carbons (Fsp3) is 0.410. The van der Waals surface area contributed by atoms with Gasteiger partial charge in [0, 0.05) is 111 Å². The van der Waals surface area contributed by atoms with Crippen molar-refractivity contribution < 1.29 is 33.0 Å². The molecule has 6 aliphatic heterocycles. The largest absolute Gasteiger partial charge is 0.481 e. The van der Waals surface area contributed by atoms with E-state index in [0.29, 0.717) is 68.8 Å². The summed E-state index contributed by atoms with van der Waals surface area (Å²) >= 11 is 2.65. The minimum atomic E-state index is -0.744. The Morgan fingerprint density at radius 2 is 1.10 bits per heavy atom. The van der Waals surface area contributed by atoms with Crippen LogP contribution in [0.15, 0.2) is 72.8 Å². The zero-order valence-corrected chi connectivity index (χ0v) is 48.6. The number of carbonyl (C=O) groups excluding carboxylic acids is 1. The highest BCUT2D eigenvalue weighted by Crippen LogP contribution is 2.46. The van der Waals surface area contributed by atoms with E-state index in [1.807, 2.05) is 37.8 Å². The van der Waals surface area contributed by atoms with Crippen LogP contribution in [-0.2, 0) is 31.9 Å². The lowest BCUT2D eigenvalue weighted by Gasteiger charge is -2.61. The lowest BCUT2D eigenvalue weighted by molar-refractivity contribution is -0.163. The molecule has 84 heavy (non-hydrogen) atoms. The van der Waals surface area contributed by atoms with Gasteiger partial charge in [0.2, 0.25) is 5.91 Å². The number of ether oxygens (including phenoxy) is 2. The van der Waals surface area contributed by atoms with E-state index >= 15 is 0 Å². The molecule has 0 atom stereocenters. The number of aliphatic carboxylic acids is 1. The Balaban J connectivity index is 0.000000157. The maximum Gasteiger partial charge on any atom is 0.311 e. The van der Waals surface area contributed by atoms with Gasteiger partial charge in [-0.05, 0) is 99.5 Å². The first-order valence-electron chi connectivity index (χ1n) is 27.7. The number of carboxylic acid groups (broad SMARTS) is 1. The standard InChI is InChI=1S/C30H30FN7O2S.C26H26FN7S.C4H6O3.CH4/c1-4-23-27(35(3)29-33-26(25(11-32)41-29)19-5-7-21(31)8-6-19)24-10-22(9-18(2)38(24)34-23)36-14-30(15-36)16-37(17-30)28(39)20-12-40-13-20;1-4-20-24(32(3)25-30-23(22(11-28)35-25)17-5-7-18(27)8-6-17)21-10-19(9-16(2)34(21)31-20)33-14-26(15-33)12-29-13-26;5-4(6)3-1-7-2-3;/h5-10,20H,4,12-17H2,1-3H3;5-10,29H,4,12-15H2,1-3H3;3H,1-2H2,(H,5,6);1H4. The number of anilines is 6. The topological polar surface area (TPSA) is 209 Å². The van der Waals surface area contributed by atoms with Gasteiger partial charge in [0.15, 0.2) is 10.3 Å². The highest BCUT2D eigenvalue weighted by atomic mass is 32.1. The van der Waals surface area contributed by atoms with Gasteiger partial charge in [-0.3, -0.25) is 9.59 Å². The number of rotatable bonds is 12. The fourth-order valence-electron chi connectivity index (χ4n) is 11.8. The predicted molar refractivity (Wildman–Crippen MR) is 321 cm³/mol. The molecule has 12 heterocycles. The summed E-state index contributed by atoms with van der Waals surface area (Å²) in [6, 6.07) is 25.5. The van der Waals surface area contributed by atoms with E-state index in [1.54, 1.807) is 24.3 Å². The van der Waals surface area contributed by atoms with Crippen molar-refractivity contribution in [3.63, 3.8) is 0 Å². The Bertz CT molecular complexity index is 3890. The highest BCUT2D eigenvalue weighted by Gasteiger charge is 2.54. The zero-order valence-electron chi connectivity index (χ0n) is 46.9. The number of thiazole rings is 2. The normalized spacial score (nSPS) is 17.2. The van der Waals surface area contributed by atoms with Crippen LogP contribution in [-0.4, -0.2) is 144 Å². The summed E-state index contributed by atoms with van der Waals surface area (Å²) in [5.74, 6) is -1.32. The van der Waals surface area contributed by atoms with E-state index in [0.717, 1.165) is 122 Å². The van der Waals surface area contributed by atoms with Crippen molar-refractivity contribution in [2.75, 3.05) is 112 Å². The average Bonchev–Trinajstić information content (AvgIpc) is 0.886. The molecule has 436 valence electrons. The molecule has 2 N–H and O–H groups in total. The Morgan fingerprint density at radius 3 is 1.43 bits per heavy atom. The molecule has 2 spiro atoms. The summed E-state index contributed by atoms with van der Waals surface area (Å²) in [5.41, 5.74) is 13.5. The number of fused-ring (bicyclic) bond motifs is 2. The predicted octanol–water partition coefficient (Wildman–Crippen LogP) is 9.27. The van der Waals surface area contributed by atoms with Gasteiger partial charge >= 0.3 is 5.97 Å². The second-order valence-electron chi connectivity index (χ2n) is 22.6. The van der Waals surface area contributed by atoms with Crippen LogP contribution in [0.5, 0.6) is 0 Å². The molecule has 6 aliphatic rings. The molecular formula is C61H66F2N14O5S2. The summed E-state index contributed by atoms with van der Waals surface area (Å²) < 4.78 is 40.8. The summed E-state index contributed by atoms with van der Waals surface area (Å²) in [4.78, 5) is 43.9. The number of carbonyl (C=O) groups is 2. The number of aromatic nitrogens is 6. The number of hydrogen-bond acceptors (Lipinski definition) is 17. The Labute approximate surface area is 493 Å². The molecule has 1 amide bonds. The van der Waals surface area contributed by atoms with E-state index in [9.17, 15) is 28.9 Å². The van der Waals surface area contributed by atoms with Crippen LogP contribution in [0.4, 0.5) is 41.8 Å². The Hall–Kier alpha value is -8.06. The number of amides is 1. The van der Waals surface area contributed by atoms with Crippen molar-refractivity contribution in [1.82, 2.24) is 39.4 Å². The van der Waals surface area contributed by atoms with Crippen LogP contribution < -0.4 is 24.9 Å². The first kappa shape index (κ1) is 57.7. The van der Waals surface area contributed by atoms with E-state index < -0.39 is 5.97 Å². The van der Waals surface area contributed by atoms with Gasteiger partial charge in [-0.15, -0.1) is 0 Å². The third-order valence-electron chi connectivity index (χ3n) is 16.6. The fourth-order valence-corrected chi connectivity index (χ4v) is 13.5. The molecule has 0 aliphatic carbocycles. The number of halogens is 2. The minimum Gasteiger partial charge on any atom is -0.481 e. The second kappa shape index (κ2) is 22.8. The van der Waals surface area contributed by atoms with Crippen molar-refractivity contribution in [3.8, 4) is 34.7 Å². The van der Waals surface area contributed by atoms with Gasteiger partial charge in [0.05, 0.1) is 66.1 Å². The molecule has 23 heteroatoms. The quantitative estimate of drug-likeness (QED) is 0.117. The van der Waals surface area contributed by atoms with E-state index in [-0.39, 0.29) is 42.2 Å².